The van der Waals surface area contributed by atoms with Crippen molar-refractivity contribution in [2.24, 2.45) is 0 Å². The molecule has 0 radical (unpaired) electrons. The molecule has 2 aliphatic rings. The molecule has 2 aromatic carbocycles. The van der Waals surface area contributed by atoms with E-state index in [1.807, 2.05) is 0 Å². The van der Waals surface area contributed by atoms with Crippen LogP contribution in [0.5, 0.6) is 11.5 Å². The Kier molecular flexibility index (Phi) is 16.5. The van der Waals surface area contributed by atoms with Crippen LogP contribution in [0.15, 0.2) is 42.5 Å². The van der Waals surface area contributed by atoms with Crippen LogP contribution >= 0.6 is 7.92 Å². The fourth-order valence-corrected chi connectivity index (χ4v) is 11.7. The standard InChI is InChI=1S/C30H43O2P.C2F6NO4S2.Au/c1-22(2)31-27-19-13-20-28(32-23(3)4)30(27)26-18-11-12-21-29(26)33(24-14-7-5-8-15-24)25-16-9-6-10-17-25;3-1(4,5)14(10,11)9-15(12,13)2(6,7)8;/h11-13,18-25H,5-10,14-17H2,1-4H3;;/q;-1;+1. The van der Waals surface area contributed by atoms with E-state index in [0.29, 0.717) is 0 Å². The van der Waals surface area contributed by atoms with E-state index >= 15 is 0 Å². The van der Waals surface area contributed by atoms with Gasteiger partial charge in [-0.2, -0.15) is 26.3 Å². The first kappa shape index (κ1) is 43.8. The maximum absolute atomic E-state index is 11.4. The average Bonchev–Trinajstić information content (AvgIpc) is 2.97. The van der Waals surface area contributed by atoms with Gasteiger partial charge in [0.1, 0.15) is 11.5 Å². The van der Waals surface area contributed by atoms with Crippen LogP contribution in [0, 0.1) is 0 Å². The van der Waals surface area contributed by atoms with Crippen molar-refractivity contribution in [2.75, 3.05) is 0 Å². The Balaban J connectivity index is 0.000000444. The molecule has 2 saturated carbocycles. The summed E-state index contributed by atoms with van der Waals surface area (Å²) in [5, 5.41) is 1.60. The van der Waals surface area contributed by atoms with Crippen LogP contribution in [0.25, 0.3) is 15.3 Å². The minimum absolute atomic E-state index is 0. The summed E-state index contributed by atoms with van der Waals surface area (Å²) in [6, 6.07) is 15.6. The van der Waals surface area contributed by atoms with Crippen molar-refractivity contribution < 1.29 is 75.0 Å². The number of alkyl halides is 6. The van der Waals surface area contributed by atoms with E-state index < -0.39 is 31.1 Å². The largest absolute Gasteiger partial charge is 1.00 e. The molecular formula is C32H43AuF6NO6PS2. The van der Waals surface area contributed by atoms with E-state index in [9.17, 15) is 43.2 Å². The zero-order chi connectivity index (χ0) is 35.9. The SMILES string of the molecule is CC(C)Oc1cccc(OC(C)C)c1-c1ccccc1P(C1CCCCC1)C1CCCCC1.O=S(=O)([N-]S(=O)(=O)C(F)(F)F)C(F)(F)F.[Au+]. The number of ether oxygens (including phenoxy) is 2. The Bertz CT molecular complexity index is 1470. The van der Waals surface area contributed by atoms with Gasteiger partial charge < -0.3 is 13.6 Å². The summed E-state index contributed by atoms with van der Waals surface area (Å²) >= 11 is 0. The molecule has 0 unspecified atom stereocenters. The normalized spacial score (nSPS) is 17.0. The molecule has 0 heterocycles. The first-order valence-corrected chi connectivity index (χ1v) is 20.3. The molecule has 0 saturated heterocycles. The summed E-state index contributed by atoms with van der Waals surface area (Å²) in [6.07, 6.45) is 14.4. The molecule has 0 aromatic heterocycles. The Hall–Kier alpha value is -1.35. The van der Waals surface area contributed by atoms with E-state index in [-0.39, 0.29) is 42.5 Å². The molecule has 2 aliphatic carbocycles. The molecule has 282 valence electrons. The van der Waals surface area contributed by atoms with Crippen molar-refractivity contribution in [1.82, 2.24) is 0 Å². The van der Waals surface area contributed by atoms with E-state index in [0.717, 1.165) is 32.5 Å². The molecule has 0 spiro atoms. The summed E-state index contributed by atoms with van der Waals surface area (Å²) in [6.45, 7) is 8.45. The van der Waals surface area contributed by atoms with Gasteiger partial charge in [-0.05, 0) is 87.7 Å². The third-order valence-corrected chi connectivity index (χ3v) is 14.2. The minimum Gasteiger partial charge on any atom is -0.490 e. The van der Waals surface area contributed by atoms with Crippen LogP contribution in [-0.4, -0.2) is 51.4 Å². The number of halogens is 6. The smallest absolute Gasteiger partial charge is 0.490 e. The molecule has 2 aromatic rings. The summed E-state index contributed by atoms with van der Waals surface area (Å²) in [5.41, 5.74) is -8.16. The van der Waals surface area contributed by atoms with Gasteiger partial charge in [-0.1, -0.05) is 76.8 Å². The second-order valence-corrected chi connectivity index (χ2v) is 18.6. The van der Waals surface area contributed by atoms with Crippen LogP contribution < -0.4 is 14.8 Å². The predicted molar refractivity (Wildman–Crippen MR) is 177 cm³/mol. The van der Waals surface area contributed by atoms with Crippen LogP contribution in [0.2, 0.25) is 0 Å². The molecule has 2 fully saturated rings. The number of benzene rings is 2. The monoisotopic (exact) mass is 943 g/mol. The molecule has 7 nitrogen and oxygen atoms in total. The quantitative estimate of drug-likeness (QED) is 0.134. The maximum Gasteiger partial charge on any atom is 1.00 e. The zero-order valence-electron chi connectivity index (χ0n) is 27.7. The topological polar surface area (TPSA) is 101 Å². The Morgan fingerprint density at radius 3 is 1.41 bits per heavy atom. The van der Waals surface area contributed by atoms with Crippen molar-refractivity contribution >= 4 is 33.3 Å². The number of hydrogen-bond donors (Lipinski definition) is 0. The first-order valence-electron chi connectivity index (χ1n) is 16.0. The van der Waals surface area contributed by atoms with Gasteiger partial charge in [0.15, 0.2) is 20.0 Å². The number of hydrogen-bond acceptors (Lipinski definition) is 6. The van der Waals surface area contributed by atoms with Gasteiger partial charge in [0.25, 0.3) is 0 Å². The van der Waals surface area contributed by atoms with E-state index in [4.69, 9.17) is 9.47 Å². The second kappa shape index (κ2) is 18.4. The summed E-state index contributed by atoms with van der Waals surface area (Å²) < 4.78 is 122. The first-order chi connectivity index (χ1) is 22.2. The summed E-state index contributed by atoms with van der Waals surface area (Å²) in [7, 11) is -13.7. The van der Waals surface area contributed by atoms with Gasteiger partial charge in [0.05, 0.1) is 17.8 Å². The number of rotatable bonds is 10. The third-order valence-electron chi connectivity index (χ3n) is 7.88. The Morgan fingerprint density at radius 1 is 0.653 bits per heavy atom. The van der Waals surface area contributed by atoms with Gasteiger partial charge in [-0.3, -0.25) is 0 Å². The minimum atomic E-state index is -6.72. The van der Waals surface area contributed by atoms with Crippen molar-refractivity contribution in [3.63, 3.8) is 0 Å². The van der Waals surface area contributed by atoms with Crippen LogP contribution in [0.4, 0.5) is 26.3 Å². The molecule has 17 heteroatoms. The summed E-state index contributed by atoms with van der Waals surface area (Å²) in [4.78, 5) is 0. The van der Waals surface area contributed by atoms with E-state index in [1.54, 1.807) is 5.30 Å². The molecule has 0 N–H and O–H groups in total. The zero-order valence-corrected chi connectivity index (χ0v) is 32.3. The third kappa shape index (κ3) is 12.1. The van der Waals surface area contributed by atoms with Gasteiger partial charge in [0.2, 0.25) is 0 Å². The van der Waals surface area contributed by atoms with E-state index in [2.05, 4.69) is 70.2 Å². The molecule has 0 aliphatic heterocycles. The molecule has 0 amide bonds. The predicted octanol–water partition coefficient (Wildman–Crippen LogP) is 9.76. The molecule has 49 heavy (non-hydrogen) atoms. The Labute approximate surface area is 302 Å². The fraction of sp³-hybridized carbons (Fsp3) is 0.625. The Morgan fingerprint density at radius 2 is 1.04 bits per heavy atom. The van der Waals surface area contributed by atoms with Crippen molar-refractivity contribution in [1.29, 1.82) is 0 Å². The summed E-state index contributed by atoms with van der Waals surface area (Å²) in [5.74, 6) is 1.91. The van der Waals surface area contributed by atoms with Crippen molar-refractivity contribution in [2.45, 2.75) is 126 Å². The van der Waals surface area contributed by atoms with Gasteiger partial charge in [-0.25, -0.2) is 16.8 Å². The van der Waals surface area contributed by atoms with Crippen LogP contribution in [0.1, 0.15) is 91.9 Å². The van der Waals surface area contributed by atoms with Gasteiger partial charge >= 0.3 is 33.4 Å². The fourth-order valence-electron chi connectivity index (χ4n) is 6.01. The average molecular weight is 944 g/mol. The van der Waals surface area contributed by atoms with Gasteiger partial charge in [0, 0.05) is 0 Å². The maximum atomic E-state index is 11.4. The second-order valence-electron chi connectivity index (χ2n) is 12.4. The van der Waals surface area contributed by atoms with Crippen molar-refractivity contribution in [3.8, 4) is 22.6 Å². The molecule has 0 bridgehead atoms. The molecular weight excluding hydrogens is 900 g/mol. The van der Waals surface area contributed by atoms with E-state index in [1.165, 1.54) is 69.8 Å². The molecule has 4 rings (SSSR count). The van der Waals surface area contributed by atoms with Gasteiger partial charge in [-0.15, -0.1) is 0 Å². The van der Waals surface area contributed by atoms with Crippen LogP contribution in [-0.2, 0) is 42.4 Å². The van der Waals surface area contributed by atoms with Crippen LogP contribution in [0.3, 0.4) is 0 Å². The number of sulfonamides is 2. The molecule has 0 atom stereocenters. The number of nitrogens with zero attached hydrogens (tertiary/aromatic N) is 1. The van der Waals surface area contributed by atoms with Crippen molar-refractivity contribution in [3.05, 3.63) is 46.6 Å².